The summed E-state index contributed by atoms with van der Waals surface area (Å²) >= 11 is 0. The Kier molecular flexibility index (Phi) is 3.89. The SMILES string of the molecule is CC(C)C(=O)N1CC(CO)C(CO)C1. The third-order valence-corrected chi connectivity index (χ3v) is 2.85. The van der Waals surface area contributed by atoms with Crippen LogP contribution < -0.4 is 0 Å². The van der Waals surface area contributed by atoms with Gasteiger partial charge in [0.15, 0.2) is 0 Å². The van der Waals surface area contributed by atoms with E-state index in [4.69, 9.17) is 10.2 Å². The van der Waals surface area contributed by atoms with Gasteiger partial charge in [-0.05, 0) is 0 Å². The van der Waals surface area contributed by atoms with Crippen molar-refractivity contribution in [2.45, 2.75) is 13.8 Å². The van der Waals surface area contributed by atoms with Crippen LogP contribution in [0.3, 0.4) is 0 Å². The Balaban J connectivity index is 2.57. The van der Waals surface area contributed by atoms with Crippen LogP contribution in [0.2, 0.25) is 0 Å². The topological polar surface area (TPSA) is 60.8 Å². The predicted octanol–water partition coefficient (Wildman–Crippen LogP) is -0.298. The summed E-state index contributed by atoms with van der Waals surface area (Å²) in [6.45, 7) is 4.99. The van der Waals surface area contributed by atoms with Gasteiger partial charge in [0.2, 0.25) is 5.91 Å². The standard InChI is InChI=1S/C10H19NO3/c1-7(2)10(14)11-3-8(5-12)9(4-11)6-13/h7-9,12-13H,3-6H2,1-2H3. The minimum atomic E-state index is -0.00761. The van der Waals surface area contributed by atoms with Crippen molar-refractivity contribution >= 4 is 5.91 Å². The predicted molar refractivity (Wildman–Crippen MR) is 52.6 cm³/mol. The molecule has 1 fully saturated rings. The number of nitrogens with zero attached hydrogens (tertiary/aromatic N) is 1. The van der Waals surface area contributed by atoms with E-state index in [0.717, 1.165) is 0 Å². The summed E-state index contributed by atoms with van der Waals surface area (Å²) in [7, 11) is 0. The van der Waals surface area contributed by atoms with Gasteiger partial charge in [0.05, 0.1) is 0 Å². The summed E-state index contributed by atoms with van der Waals surface area (Å²) in [6, 6.07) is 0. The van der Waals surface area contributed by atoms with E-state index in [9.17, 15) is 4.79 Å². The van der Waals surface area contributed by atoms with Gasteiger partial charge in [-0.15, -0.1) is 0 Å². The van der Waals surface area contributed by atoms with E-state index in [2.05, 4.69) is 0 Å². The van der Waals surface area contributed by atoms with Gasteiger partial charge in [0.1, 0.15) is 0 Å². The van der Waals surface area contributed by atoms with E-state index in [0.29, 0.717) is 13.1 Å². The first-order valence-corrected chi connectivity index (χ1v) is 5.10. The first-order valence-electron chi connectivity index (χ1n) is 5.10. The first kappa shape index (κ1) is 11.5. The average Bonchev–Trinajstić information content (AvgIpc) is 2.59. The highest BCUT2D eigenvalue weighted by Crippen LogP contribution is 2.23. The normalized spacial score (nSPS) is 27.4. The lowest BCUT2D eigenvalue weighted by Crippen LogP contribution is -2.32. The zero-order valence-electron chi connectivity index (χ0n) is 8.81. The minimum absolute atomic E-state index is 0.00761. The lowest BCUT2D eigenvalue weighted by Gasteiger charge is -2.18. The monoisotopic (exact) mass is 201 g/mol. The van der Waals surface area contributed by atoms with Crippen LogP contribution in [0.1, 0.15) is 13.8 Å². The smallest absolute Gasteiger partial charge is 0.225 e. The summed E-state index contributed by atoms with van der Waals surface area (Å²) in [5.74, 6) is 0.191. The van der Waals surface area contributed by atoms with Gasteiger partial charge in [-0.3, -0.25) is 4.79 Å². The van der Waals surface area contributed by atoms with E-state index in [1.807, 2.05) is 13.8 Å². The van der Waals surface area contributed by atoms with E-state index < -0.39 is 0 Å². The molecule has 0 radical (unpaired) electrons. The third-order valence-electron chi connectivity index (χ3n) is 2.85. The maximum atomic E-state index is 11.6. The summed E-state index contributed by atoms with van der Waals surface area (Å²) in [5.41, 5.74) is 0. The number of aliphatic hydroxyl groups excluding tert-OH is 2. The Bertz CT molecular complexity index is 194. The van der Waals surface area contributed by atoms with Gasteiger partial charge in [-0.25, -0.2) is 0 Å². The summed E-state index contributed by atoms with van der Waals surface area (Å²) in [6.07, 6.45) is 0. The summed E-state index contributed by atoms with van der Waals surface area (Å²) < 4.78 is 0. The van der Waals surface area contributed by atoms with Crippen LogP contribution in [0.25, 0.3) is 0 Å². The lowest BCUT2D eigenvalue weighted by atomic mass is 9.98. The molecule has 0 aromatic heterocycles. The van der Waals surface area contributed by atoms with Crippen molar-refractivity contribution < 1.29 is 15.0 Å². The quantitative estimate of drug-likeness (QED) is 0.659. The number of aliphatic hydroxyl groups is 2. The molecule has 1 aliphatic heterocycles. The van der Waals surface area contributed by atoms with Gasteiger partial charge >= 0.3 is 0 Å². The average molecular weight is 201 g/mol. The molecule has 0 aromatic rings. The first-order chi connectivity index (χ1) is 6.60. The molecule has 0 spiro atoms. The van der Waals surface area contributed by atoms with Crippen molar-refractivity contribution in [2.75, 3.05) is 26.3 Å². The zero-order chi connectivity index (χ0) is 10.7. The molecule has 4 heteroatoms. The van der Waals surface area contributed by atoms with Gasteiger partial charge in [0, 0.05) is 44.1 Å². The number of carbonyl (C=O) groups excluding carboxylic acids is 1. The van der Waals surface area contributed by atoms with Crippen LogP contribution in [0, 0.1) is 17.8 Å². The van der Waals surface area contributed by atoms with Crippen molar-refractivity contribution in [1.82, 2.24) is 4.90 Å². The molecule has 2 N–H and O–H groups in total. The van der Waals surface area contributed by atoms with Crippen molar-refractivity contribution in [3.63, 3.8) is 0 Å². The van der Waals surface area contributed by atoms with E-state index in [1.165, 1.54) is 0 Å². The van der Waals surface area contributed by atoms with E-state index in [-0.39, 0.29) is 36.9 Å². The molecule has 1 saturated heterocycles. The molecule has 1 heterocycles. The number of carbonyl (C=O) groups is 1. The van der Waals surface area contributed by atoms with Crippen LogP contribution in [-0.2, 0) is 4.79 Å². The molecule has 2 atom stereocenters. The fourth-order valence-corrected chi connectivity index (χ4v) is 1.90. The second kappa shape index (κ2) is 4.75. The van der Waals surface area contributed by atoms with E-state index in [1.54, 1.807) is 4.90 Å². The highest BCUT2D eigenvalue weighted by atomic mass is 16.3. The Hall–Kier alpha value is -0.610. The second-order valence-electron chi connectivity index (χ2n) is 4.28. The molecular formula is C10H19NO3. The molecule has 2 unspecified atom stereocenters. The molecule has 1 amide bonds. The Morgan fingerprint density at radius 1 is 1.29 bits per heavy atom. The molecule has 0 bridgehead atoms. The van der Waals surface area contributed by atoms with Crippen molar-refractivity contribution in [2.24, 2.45) is 17.8 Å². The highest BCUT2D eigenvalue weighted by molar-refractivity contribution is 5.78. The fourth-order valence-electron chi connectivity index (χ4n) is 1.90. The summed E-state index contributed by atoms with van der Waals surface area (Å²) in [4.78, 5) is 13.4. The van der Waals surface area contributed by atoms with Gasteiger partial charge in [0.25, 0.3) is 0 Å². The van der Waals surface area contributed by atoms with Crippen molar-refractivity contribution in [3.8, 4) is 0 Å². The number of rotatable bonds is 3. The highest BCUT2D eigenvalue weighted by Gasteiger charge is 2.34. The molecule has 14 heavy (non-hydrogen) atoms. The molecule has 0 saturated carbocycles. The van der Waals surface area contributed by atoms with Crippen LogP contribution in [-0.4, -0.2) is 47.3 Å². The van der Waals surface area contributed by atoms with Crippen molar-refractivity contribution in [1.29, 1.82) is 0 Å². The second-order valence-corrected chi connectivity index (χ2v) is 4.28. The van der Waals surface area contributed by atoms with Gasteiger partial charge < -0.3 is 15.1 Å². The number of amides is 1. The third kappa shape index (κ3) is 2.25. The zero-order valence-corrected chi connectivity index (χ0v) is 8.81. The number of hydrogen-bond donors (Lipinski definition) is 2. The Morgan fingerprint density at radius 3 is 2.00 bits per heavy atom. The fraction of sp³-hybridized carbons (Fsp3) is 0.900. The van der Waals surface area contributed by atoms with Crippen molar-refractivity contribution in [3.05, 3.63) is 0 Å². The molecule has 4 nitrogen and oxygen atoms in total. The summed E-state index contributed by atoms with van der Waals surface area (Å²) in [5, 5.41) is 18.1. The maximum absolute atomic E-state index is 11.6. The number of hydrogen-bond acceptors (Lipinski definition) is 3. The molecule has 0 aliphatic carbocycles. The molecule has 1 aliphatic rings. The van der Waals surface area contributed by atoms with E-state index >= 15 is 0 Å². The maximum Gasteiger partial charge on any atom is 0.225 e. The molecule has 0 aromatic carbocycles. The molecule has 1 rings (SSSR count). The largest absolute Gasteiger partial charge is 0.396 e. The van der Waals surface area contributed by atoms with Crippen LogP contribution in [0.15, 0.2) is 0 Å². The Labute approximate surface area is 84.5 Å². The van der Waals surface area contributed by atoms with Crippen LogP contribution >= 0.6 is 0 Å². The van der Waals surface area contributed by atoms with Crippen LogP contribution in [0.4, 0.5) is 0 Å². The minimum Gasteiger partial charge on any atom is -0.396 e. The Morgan fingerprint density at radius 2 is 1.71 bits per heavy atom. The van der Waals surface area contributed by atoms with Gasteiger partial charge in [-0.2, -0.15) is 0 Å². The molecular weight excluding hydrogens is 182 g/mol. The number of likely N-dealkylation sites (tertiary alicyclic amines) is 1. The van der Waals surface area contributed by atoms with Crippen LogP contribution in [0.5, 0.6) is 0 Å². The van der Waals surface area contributed by atoms with Gasteiger partial charge in [-0.1, -0.05) is 13.8 Å². The lowest BCUT2D eigenvalue weighted by molar-refractivity contribution is -0.133. The molecule has 82 valence electrons.